The standard InChI is InChI=1S/C16H16O2S/c1-12-8-13(2)10-15(9-12)18-11-16-14(4-3-6-17)5-7-19-16/h5,7-10,17H,6,11H2,1-2H3. The van der Waals surface area contributed by atoms with Crippen molar-refractivity contribution in [2.75, 3.05) is 6.61 Å². The Morgan fingerprint density at radius 2 is 1.95 bits per heavy atom. The maximum Gasteiger partial charge on any atom is 0.124 e. The first kappa shape index (κ1) is 13.7. The van der Waals surface area contributed by atoms with Gasteiger partial charge >= 0.3 is 0 Å². The Morgan fingerprint density at radius 1 is 1.21 bits per heavy atom. The summed E-state index contributed by atoms with van der Waals surface area (Å²) < 4.78 is 5.81. The minimum Gasteiger partial charge on any atom is -0.488 e. The van der Waals surface area contributed by atoms with Crippen LogP contribution in [0, 0.1) is 25.7 Å². The molecule has 0 radical (unpaired) electrons. The van der Waals surface area contributed by atoms with E-state index in [2.05, 4.69) is 31.8 Å². The van der Waals surface area contributed by atoms with Gasteiger partial charge in [0.05, 0.1) is 4.88 Å². The number of ether oxygens (including phenoxy) is 1. The van der Waals surface area contributed by atoms with Crippen LogP contribution in [0.3, 0.4) is 0 Å². The van der Waals surface area contributed by atoms with Crippen LogP contribution in [0.2, 0.25) is 0 Å². The van der Waals surface area contributed by atoms with Crippen LogP contribution in [0.15, 0.2) is 29.6 Å². The van der Waals surface area contributed by atoms with Crippen LogP contribution >= 0.6 is 11.3 Å². The van der Waals surface area contributed by atoms with Crippen molar-refractivity contribution in [1.82, 2.24) is 0 Å². The molecule has 2 aromatic rings. The number of aryl methyl sites for hydroxylation is 2. The van der Waals surface area contributed by atoms with E-state index in [0.717, 1.165) is 16.2 Å². The molecule has 0 fully saturated rings. The average molecular weight is 272 g/mol. The highest BCUT2D eigenvalue weighted by Gasteiger charge is 2.04. The van der Waals surface area contributed by atoms with E-state index in [4.69, 9.17) is 9.84 Å². The molecule has 0 amide bonds. The quantitative estimate of drug-likeness (QED) is 0.869. The van der Waals surface area contributed by atoms with Crippen LogP contribution < -0.4 is 4.74 Å². The van der Waals surface area contributed by atoms with Crippen LogP contribution in [0.5, 0.6) is 5.75 Å². The Hall–Kier alpha value is -1.76. The van der Waals surface area contributed by atoms with E-state index in [0.29, 0.717) is 6.61 Å². The number of thiophene rings is 1. The van der Waals surface area contributed by atoms with E-state index >= 15 is 0 Å². The zero-order valence-corrected chi connectivity index (χ0v) is 11.9. The van der Waals surface area contributed by atoms with Gasteiger partial charge in [0.15, 0.2) is 0 Å². The summed E-state index contributed by atoms with van der Waals surface area (Å²) in [4.78, 5) is 1.08. The van der Waals surface area contributed by atoms with Crippen molar-refractivity contribution >= 4 is 11.3 Å². The molecule has 0 aliphatic carbocycles. The normalized spacial score (nSPS) is 9.84. The summed E-state index contributed by atoms with van der Waals surface area (Å²) >= 11 is 1.62. The van der Waals surface area contributed by atoms with Crippen LogP contribution in [0.4, 0.5) is 0 Å². The van der Waals surface area contributed by atoms with Crippen molar-refractivity contribution in [3.63, 3.8) is 0 Å². The summed E-state index contributed by atoms with van der Waals surface area (Å²) in [5, 5.41) is 10.7. The highest BCUT2D eigenvalue weighted by atomic mass is 32.1. The molecule has 1 heterocycles. The molecule has 1 aromatic heterocycles. The highest BCUT2D eigenvalue weighted by Crippen LogP contribution is 2.21. The molecule has 98 valence electrons. The van der Waals surface area contributed by atoms with Crippen LogP contribution in [0.1, 0.15) is 21.6 Å². The largest absolute Gasteiger partial charge is 0.488 e. The lowest BCUT2D eigenvalue weighted by molar-refractivity contribution is 0.309. The molecule has 0 saturated heterocycles. The molecule has 1 N–H and O–H groups in total. The first-order valence-corrected chi connectivity index (χ1v) is 6.94. The molecule has 0 unspecified atom stereocenters. The maximum absolute atomic E-state index is 8.72. The molecule has 19 heavy (non-hydrogen) atoms. The van der Waals surface area contributed by atoms with Crippen molar-refractivity contribution in [3.8, 4) is 17.6 Å². The van der Waals surface area contributed by atoms with Gasteiger partial charge in [0.2, 0.25) is 0 Å². The fraction of sp³-hybridized carbons (Fsp3) is 0.250. The molecule has 0 saturated carbocycles. The van der Waals surface area contributed by atoms with Crippen molar-refractivity contribution in [2.24, 2.45) is 0 Å². The summed E-state index contributed by atoms with van der Waals surface area (Å²) in [6.45, 7) is 4.51. The van der Waals surface area contributed by atoms with Crippen LogP contribution in [0.25, 0.3) is 0 Å². The topological polar surface area (TPSA) is 29.5 Å². The molecular weight excluding hydrogens is 256 g/mol. The van der Waals surface area contributed by atoms with Gasteiger partial charge in [-0.15, -0.1) is 11.3 Å². The number of rotatable bonds is 3. The van der Waals surface area contributed by atoms with Gasteiger partial charge in [0, 0.05) is 5.56 Å². The summed E-state index contributed by atoms with van der Waals surface area (Å²) in [7, 11) is 0. The zero-order valence-electron chi connectivity index (χ0n) is 11.1. The van der Waals surface area contributed by atoms with Gasteiger partial charge in [-0.25, -0.2) is 0 Å². The zero-order chi connectivity index (χ0) is 13.7. The van der Waals surface area contributed by atoms with Crippen LogP contribution in [-0.4, -0.2) is 11.7 Å². The van der Waals surface area contributed by atoms with Crippen molar-refractivity contribution in [1.29, 1.82) is 0 Å². The Labute approximate surface area is 117 Å². The summed E-state index contributed by atoms with van der Waals surface area (Å²) in [5.74, 6) is 6.48. The SMILES string of the molecule is Cc1cc(C)cc(OCc2sccc2C#CCO)c1. The molecule has 0 spiro atoms. The Balaban J connectivity index is 2.08. The number of hydrogen-bond acceptors (Lipinski definition) is 3. The van der Waals surface area contributed by atoms with E-state index in [9.17, 15) is 0 Å². The third-order valence-corrected chi connectivity index (χ3v) is 3.51. The molecule has 1 aromatic carbocycles. The van der Waals surface area contributed by atoms with Crippen molar-refractivity contribution < 1.29 is 9.84 Å². The van der Waals surface area contributed by atoms with E-state index in [-0.39, 0.29) is 6.61 Å². The number of aliphatic hydroxyl groups excluding tert-OH is 1. The molecule has 0 atom stereocenters. The van der Waals surface area contributed by atoms with Crippen molar-refractivity contribution in [2.45, 2.75) is 20.5 Å². The fourth-order valence-electron chi connectivity index (χ4n) is 1.86. The lowest BCUT2D eigenvalue weighted by Crippen LogP contribution is -1.96. The predicted octanol–water partition coefficient (Wildman–Crippen LogP) is 3.29. The van der Waals surface area contributed by atoms with Gasteiger partial charge in [-0.2, -0.15) is 0 Å². The molecule has 2 rings (SSSR count). The first-order valence-electron chi connectivity index (χ1n) is 6.06. The Morgan fingerprint density at radius 3 is 2.63 bits per heavy atom. The smallest absolute Gasteiger partial charge is 0.124 e. The molecule has 2 nitrogen and oxygen atoms in total. The second-order valence-corrected chi connectivity index (χ2v) is 5.33. The van der Waals surface area contributed by atoms with Gasteiger partial charge in [-0.3, -0.25) is 0 Å². The highest BCUT2D eigenvalue weighted by molar-refractivity contribution is 7.10. The molecular formula is C16H16O2S. The third kappa shape index (κ3) is 3.85. The van der Waals surface area contributed by atoms with Crippen LogP contribution in [-0.2, 0) is 6.61 Å². The van der Waals surface area contributed by atoms with E-state index in [1.807, 2.05) is 23.6 Å². The van der Waals surface area contributed by atoms with Gasteiger partial charge in [-0.1, -0.05) is 17.9 Å². The monoisotopic (exact) mass is 272 g/mol. The van der Waals surface area contributed by atoms with E-state index in [1.165, 1.54) is 11.1 Å². The predicted molar refractivity (Wildman–Crippen MR) is 78.5 cm³/mol. The van der Waals surface area contributed by atoms with Gasteiger partial charge in [0.1, 0.15) is 19.0 Å². The van der Waals surface area contributed by atoms with Gasteiger partial charge in [-0.05, 0) is 48.6 Å². The lowest BCUT2D eigenvalue weighted by Gasteiger charge is -2.07. The van der Waals surface area contributed by atoms with Gasteiger partial charge in [0.25, 0.3) is 0 Å². The number of benzene rings is 1. The minimum atomic E-state index is -0.118. The summed E-state index contributed by atoms with van der Waals surface area (Å²) in [5.41, 5.74) is 3.33. The van der Waals surface area contributed by atoms with E-state index in [1.54, 1.807) is 11.3 Å². The van der Waals surface area contributed by atoms with E-state index < -0.39 is 0 Å². The maximum atomic E-state index is 8.72. The Kier molecular flexibility index (Phi) is 4.62. The summed E-state index contributed by atoms with van der Waals surface area (Å²) in [6.07, 6.45) is 0. The van der Waals surface area contributed by atoms with Gasteiger partial charge < -0.3 is 9.84 Å². The number of aliphatic hydroxyl groups is 1. The minimum absolute atomic E-state index is 0.118. The second kappa shape index (κ2) is 6.42. The average Bonchev–Trinajstić information content (AvgIpc) is 2.80. The molecule has 0 aliphatic rings. The first-order chi connectivity index (χ1) is 9.19. The lowest BCUT2D eigenvalue weighted by atomic mass is 10.1. The molecule has 0 bridgehead atoms. The fourth-order valence-corrected chi connectivity index (χ4v) is 2.61. The van der Waals surface area contributed by atoms with Crippen molar-refractivity contribution in [3.05, 3.63) is 51.2 Å². The molecule has 3 heteroatoms. The molecule has 0 aliphatic heterocycles. The number of hydrogen-bond donors (Lipinski definition) is 1. The third-order valence-electron chi connectivity index (χ3n) is 2.61. The summed E-state index contributed by atoms with van der Waals surface area (Å²) in [6, 6.07) is 8.13. The Bertz CT molecular complexity index is 597. The second-order valence-electron chi connectivity index (χ2n) is 4.33.